The topological polar surface area (TPSA) is 81.7 Å². The molecule has 0 aromatic heterocycles. The van der Waals surface area contributed by atoms with Crippen molar-refractivity contribution in [3.05, 3.63) is 35.9 Å². The van der Waals surface area contributed by atoms with Crippen molar-refractivity contribution < 1.29 is 35.4 Å². The molecule has 0 aliphatic rings. The van der Waals surface area contributed by atoms with Gasteiger partial charge in [0.1, 0.15) is 6.61 Å². The van der Waals surface area contributed by atoms with Gasteiger partial charge in [0, 0.05) is 0 Å². The van der Waals surface area contributed by atoms with Crippen molar-refractivity contribution >= 4 is 16.2 Å². The molecule has 0 bridgehead atoms. The molecule has 0 heterocycles. The smallest absolute Gasteiger partial charge is 0.443 e. The first kappa shape index (κ1) is 15.2. The van der Waals surface area contributed by atoms with E-state index in [1.54, 1.807) is 30.3 Å². The summed E-state index contributed by atoms with van der Waals surface area (Å²) in [5.41, 5.74) is -4.03. The zero-order valence-corrected chi connectivity index (χ0v) is 9.99. The second-order valence-corrected chi connectivity index (χ2v) is 4.68. The highest BCUT2D eigenvalue weighted by atomic mass is 32.2. The number of ether oxygens (including phenoxy) is 1. The Hall–Kier alpha value is -1.81. The minimum atomic E-state index is -5.89. The maximum Gasteiger partial charge on any atom is 0.525 e. The number of nitrogens with one attached hydrogen (secondary N) is 1. The molecule has 0 radical (unpaired) electrons. The summed E-state index contributed by atoms with van der Waals surface area (Å²) in [6, 6.07) is 8.21. The van der Waals surface area contributed by atoms with Crippen molar-refractivity contribution in [1.29, 1.82) is 0 Å². The van der Waals surface area contributed by atoms with Crippen molar-refractivity contribution in [2.75, 3.05) is 0 Å². The lowest BCUT2D eigenvalue weighted by Crippen LogP contribution is -2.34. The van der Waals surface area contributed by atoms with Gasteiger partial charge in [-0.3, -0.25) is 0 Å². The normalized spacial score (nSPS) is 11.9. The average Bonchev–Trinajstić information content (AvgIpc) is 2.34. The van der Waals surface area contributed by atoms with Crippen LogP contribution in [0.5, 0.6) is 0 Å². The monoisotopic (exact) mass is 299 g/mol. The number of halogens is 3. The summed E-state index contributed by atoms with van der Waals surface area (Å²) in [6.45, 7) is -0.248. The molecule has 0 unspecified atom stereocenters. The maximum atomic E-state index is 11.8. The van der Waals surface area contributed by atoms with E-state index in [0.717, 1.165) is 5.48 Å². The predicted octanol–water partition coefficient (Wildman–Crippen LogP) is 1.69. The van der Waals surface area contributed by atoms with Gasteiger partial charge in [0.2, 0.25) is 0 Å². The summed E-state index contributed by atoms with van der Waals surface area (Å²) in [5.74, 6) is 0. The van der Waals surface area contributed by atoms with Gasteiger partial charge < -0.3 is 4.74 Å². The summed E-state index contributed by atoms with van der Waals surface area (Å²) in [7, 11) is -5.89. The van der Waals surface area contributed by atoms with Gasteiger partial charge in [-0.05, 0) is 5.56 Å². The van der Waals surface area contributed by atoms with Crippen LogP contribution < -0.4 is 5.48 Å². The number of carbonyl (C=O) groups is 1. The molecule has 0 saturated heterocycles. The predicted molar refractivity (Wildman–Crippen MR) is 55.8 cm³/mol. The van der Waals surface area contributed by atoms with Gasteiger partial charge in [-0.2, -0.15) is 27.1 Å². The van der Waals surface area contributed by atoms with Gasteiger partial charge in [0.25, 0.3) is 0 Å². The van der Waals surface area contributed by atoms with E-state index >= 15 is 0 Å². The number of hydrogen-bond donors (Lipinski definition) is 1. The van der Waals surface area contributed by atoms with Gasteiger partial charge in [0.05, 0.1) is 0 Å². The zero-order chi connectivity index (χ0) is 14.5. The molecule has 0 aliphatic heterocycles. The molecule has 10 heteroatoms. The number of amides is 1. The van der Waals surface area contributed by atoms with E-state index in [1.165, 1.54) is 0 Å². The molecule has 0 spiro atoms. The fourth-order valence-corrected chi connectivity index (χ4v) is 1.16. The Morgan fingerprint density at radius 3 is 2.32 bits per heavy atom. The number of benzene rings is 1. The molecule has 0 saturated carbocycles. The molecule has 0 atom stereocenters. The van der Waals surface area contributed by atoms with Crippen LogP contribution in [0.3, 0.4) is 0 Å². The molecule has 1 N–H and O–H groups in total. The van der Waals surface area contributed by atoms with Crippen molar-refractivity contribution in [1.82, 2.24) is 5.48 Å². The Bertz CT molecular complexity index is 529. The van der Waals surface area contributed by atoms with E-state index in [9.17, 15) is 26.4 Å². The van der Waals surface area contributed by atoms with E-state index in [4.69, 9.17) is 0 Å². The van der Waals surface area contributed by atoms with Crippen LogP contribution in [0.1, 0.15) is 5.56 Å². The molecule has 0 aliphatic carbocycles. The quantitative estimate of drug-likeness (QED) is 0.676. The van der Waals surface area contributed by atoms with Crippen LogP contribution in [0.15, 0.2) is 30.3 Å². The van der Waals surface area contributed by atoms with Crippen molar-refractivity contribution in [3.8, 4) is 0 Å². The standard InChI is InChI=1S/C9H8F3NO5S/c10-9(11,12)19(15,16)18-13-8(14)17-6-7-4-2-1-3-5-7/h1-5H,6H2,(H,13,14). The van der Waals surface area contributed by atoms with Gasteiger partial charge in [-0.25, -0.2) is 4.79 Å². The first-order valence-electron chi connectivity index (χ1n) is 4.69. The third-order valence-electron chi connectivity index (χ3n) is 1.73. The molecule has 1 aromatic carbocycles. The van der Waals surface area contributed by atoms with Crippen molar-refractivity contribution in [2.45, 2.75) is 12.1 Å². The van der Waals surface area contributed by atoms with Crippen LogP contribution in [0, 0.1) is 0 Å². The Morgan fingerprint density at radius 2 is 1.79 bits per heavy atom. The summed E-state index contributed by atoms with van der Waals surface area (Å²) in [6.07, 6.45) is -1.46. The highest BCUT2D eigenvalue weighted by Gasteiger charge is 2.48. The molecule has 19 heavy (non-hydrogen) atoms. The van der Waals surface area contributed by atoms with E-state index < -0.39 is 21.7 Å². The van der Waals surface area contributed by atoms with Crippen LogP contribution in [0.25, 0.3) is 0 Å². The van der Waals surface area contributed by atoms with Crippen molar-refractivity contribution in [2.24, 2.45) is 0 Å². The Balaban J connectivity index is 2.41. The van der Waals surface area contributed by atoms with E-state index in [2.05, 4.69) is 9.02 Å². The lowest BCUT2D eigenvalue weighted by Gasteiger charge is -2.09. The number of hydroxylamine groups is 1. The molecule has 106 valence electrons. The average molecular weight is 299 g/mol. The molecular weight excluding hydrogens is 291 g/mol. The summed E-state index contributed by atoms with van der Waals surface area (Å²) >= 11 is 0. The molecule has 0 fully saturated rings. The number of alkyl halides is 3. The number of rotatable bonds is 4. The molecule has 1 aromatic rings. The largest absolute Gasteiger partial charge is 0.525 e. The van der Waals surface area contributed by atoms with Gasteiger partial charge in [0.15, 0.2) is 0 Å². The number of hydrogen-bond acceptors (Lipinski definition) is 5. The minimum absolute atomic E-state index is 0.248. The van der Waals surface area contributed by atoms with Gasteiger partial charge >= 0.3 is 21.7 Å². The van der Waals surface area contributed by atoms with Crippen LogP contribution >= 0.6 is 0 Å². The SMILES string of the molecule is O=C(NOS(=O)(=O)C(F)(F)F)OCc1ccccc1. The lowest BCUT2D eigenvalue weighted by molar-refractivity contribution is -0.0578. The summed E-state index contributed by atoms with van der Waals surface area (Å²) in [4.78, 5) is 10.9. The fraction of sp³-hybridized carbons (Fsp3) is 0.222. The first-order chi connectivity index (χ1) is 8.72. The highest BCUT2D eigenvalue weighted by molar-refractivity contribution is 7.87. The van der Waals surface area contributed by atoms with E-state index in [1.807, 2.05) is 0 Å². The van der Waals surface area contributed by atoms with Gasteiger partial charge in [-0.1, -0.05) is 30.3 Å². The third kappa shape index (κ3) is 4.75. The maximum absolute atomic E-state index is 11.8. The summed E-state index contributed by atoms with van der Waals surface area (Å²) < 4.78 is 64.0. The molecular formula is C9H8F3NO5S. The van der Waals surface area contributed by atoms with Crippen LogP contribution in [-0.2, 0) is 25.7 Å². The number of carbonyl (C=O) groups excluding carboxylic acids is 1. The highest BCUT2D eigenvalue weighted by Crippen LogP contribution is 2.23. The lowest BCUT2D eigenvalue weighted by atomic mass is 10.2. The zero-order valence-electron chi connectivity index (χ0n) is 9.18. The molecule has 1 rings (SSSR count). The van der Waals surface area contributed by atoms with Crippen LogP contribution in [0.4, 0.5) is 18.0 Å². The molecule has 6 nitrogen and oxygen atoms in total. The second-order valence-electron chi connectivity index (χ2n) is 3.15. The third-order valence-corrected chi connectivity index (χ3v) is 2.60. The first-order valence-corrected chi connectivity index (χ1v) is 6.09. The Kier molecular flexibility index (Phi) is 4.72. The Labute approximate surface area is 106 Å². The van der Waals surface area contributed by atoms with E-state index in [-0.39, 0.29) is 6.61 Å². The summed E-state index contributed by atoms with van der Waals surface area (Å²) in [5, 5.41) is 0. The second kappa shape index (κ2) is 5.89. The van der Waals surface area contributed by atoms with Crippen LogP contribution in [-0.4, -0.2) is 20.0 Å². The van der Waals surface area contributed by atoms with Crippen LogP contribution in [0.2, 0.25) is 0 Å². The minimum Gasteiger partial charge on any atom is -0.443 e. The van der Waals surface area contributed by atoms with Crippen molar-refractivity contribution in [3.63, 3.8) is 0 Å². The van der Waals surface area contributed by atoms with E-state index in [0.29, 0.717) is 5.56 Å². The molecule has 1 amide bonds. The Morgan fingerprint density at radius 1 is 1.21 bits per heavy atom. The fourth-order valence-electron chi connectivity index (χ4n) is 0.889. The van der Waals surface area contributed by atoms with Gasteiger partial charge in [-0.15, -0.1) is 4.28 Å².